The van der Waals surface area contributed by atoms with Gasteiger partial charge in [-0.15, -0.1) is 11.3 Å². The zero-order valence-electron chi connectivity index (χ0n) is 8.94. The molecule has 0 saturated heterocycles. The van der Waals surface area contributed by atoms with E-state index < -0.39 is 0 Å². The first-order valence-electron chi connectivity index (χ1n) is 5.14. The van der Waals surface area contributed by atoms with Crippen molar-refractivity contribution in [3.8, 4) is 0 Å². The summed E-state index contributed by atoms with van der Waals surface area (Å²) >= 11 is 1.62. The lowest BCUT2D eigenvalue weighted by molar-refractivity contribution is 0.129. The predicted molar refractivity (Wildman–Crippen MR) is 61.7 cm³/mol. The van der Waals surface area contributed by atoms with Crippen LogP contribution in [0, 0.1) is 0 Å². The molecule has 0 bridgehead atoms. The lowest BCUT2D eigenvalue weighted by atomic mass is 10.2. The third-order valence-corrected chi connectivity index (χ3v) is 3.22. The molecule has 0 radical (unpaired) electrons. The van der Waals surface area contributed by atoms with Crippen LogP contribution in [-0.4, -0.2) is 30.1 Å². The Morgan fingerprint density at radius 2 is 2.36 bits per heavy atom. The van der Waals surface area contributed by atoms with Crippen LogP contribution in [0.4, 0.5) is 0 Å². The van der Waals surface area contributed by atoms with Crippen molar-refractivity contribution in [2.75, 3.05) is 20.1 Å². The highest BCUT2D eigenvalue weighted by Gasteiger charge is 2.10. The Labute approximate surface area is 90.2 Å². The molecule has 1 aromatic rings. The van der Waals surface area contributed by atoms with Gasteiger partial charge in [0.2, 0.25) is 0 Å². The fourth-order valence-electron chi connectivity index (χ4n) is 1.39. The molecule has 0 aromatic carbocycles. The molecule has 0 spiro atoms. The Morgan fingerprint density at radius 3 is 2.93 bits per heavy atom. The van der Waals surface area contributed by atoms with Crippen LogP contribution in [0.3, 0.4) is 0 Å². The van der Waals surface area contributed by atoms with Gasteiger partial charge in [-0.05, 0) is 31.5 Å². The smallest absolute Gasteiger partial charge is 0.101 e. The molecule has 3 heteroatoms. The highest BCUT2D eigenvalue weighted by molar-refractivity contribution is 7.10. The van der Waals surface area contributed by atoms with E-state index in [1.807, 2.05) is 17.5 Å². The minimum atomic E-state index is -0.322. The summed E-state index contributed by atoms with van der Waals surface area (Å²) in [5.41, 5.74) is 0. The van der Waals surface area contributed by atoms with Crippen molar-refractivity contribution < 1.29 is 5.11 Å². The number of aliphatic hydroxyl groups is 1. The lowest BCUT2D eigenvalue weighted by Gasteiger charge is -2.19. The van der Waals surface area contributed by atoms with E-state index in [1.54, 1.807) is 11.3 Å². The van der Waals surface area contributed by atoms with Gasteiger partial charge in [-0.2, -0.15) is 0 Å². The van der Waals surface area contributed by atoms with Crippen LogP contribution >= 0.6 is 11.3 Å². The Bertz CT molecular complexity index is 235. The SMILES string of the molecule is CCCCN(C)CC(O)c1cccs1. The molecule has 0 aliphatic rings. The second kappa shape index (κ2) is 6.17. The average Bonchev–Trinajstić information content (AvgIpc) is 2.67. The maximum Gasteiger partial charge on any atom is 0.101 e. The third kappa shape index (κ3) is 3.78. The molecule has 0 aliphatic heterocycles. The van der Waals surface area contributed by atoms with Crippen molar-refractivity contribution in [3.05, 3.63) is 22.4 Å². The van der Waals surface area contributed by atoms with E-state index in [0.717, 1.165) is 18.0 Å². The van der Waals surface area contributed by atoms with Gasteiger partial charge < -0.3 is 10.0 Å². The number of likely N-dealkylation sites (N-methyl/N-ethyl adjacent to an activating group) is 1. The first kappa shape index (κ1) is 11.7. The minimum Gasteiger partial charge on any atom is -0.386 e. The van der Waals surface area contributed by atoms with E-state index in [-0.39, 0.29) is 6.10 Å². The van der Waals surface area contributed by atoms with Gasteiger partial charge in [0.05, 0.1) is 0 Å². The molecule has 0 fully saturated rings. The Kier molecular flexibility index (Phi) is 5.15. The molecule has 0 saturated carbocycles. The summed E-state index contributed by atoms with van der Waals surface area (Å²) in [6.45, 7) is 3.99. The zero-order chi connectivity index (χ0) is 10.4. The highest BCUT2D eigenvalue weighted by atomic mass is 32.1. The van der Waals surface area contributed by atoms with E-state index >= 15 is 0 Å². The molecule has 1 heterocycles. The molecule has 14 heavy (non-hydrogen) atoms. The average molecular weight is 213 g/mol. The standard InChI is InChI=1S/C11H19NOS/c1-3-4-7-12(2)9-10(13)11-6-5-8-14-11/h5-6,8,10,13H,3-4,7,9H2,1-2H3. The van der Waals surface area contributed by atoms with Gasteiger partial charge in [-0.1, -0.05) is 19.4 Å². The third-order valence-electron chi connectivity index (χ3n) is 2.25. The summed E-state index contributed by atoms with van der Waals surface area (Å²) < 4.78 is 0. The number of hydrogen-bond acceptors (Lipinski definition) is 3. The maximum absolute atomic E-state index is 9.85. The number of nitrogens with zero attached hydrogens (tertiary/aromatic N) is 1. The lowest BCUT2D eigenvalue weighted by Crippen LogP contribution is -2.25. The molecule has 1 unspecified atom stereocenters. The molecular weight excluding hydrogens is 194 g/mol. The van der Waals surface area contributed by atoms with Crippen LogP contribution in [-0.2, 0) is 0 Å². The Hall–Kier alpha value is -0.380. The van der Waals surface area contributed by atoms with Gasteiger partial charge in [0.15, 0.2) is 0 Å². The van der Waals surface area contributed by atoms with Crippen molar-refractivity contribution in [2.24, 2.45) is 0 Å². The first-order valence-corrected chi connectivity index (χ1v) is 6.02. The van der Waals surface area contributed by atoms with Gasteiger partial charge in [0, 0.05) is 11.4 Å². The molecule has 1 rings (SSSR count). The zero-order valence-corrected chi connectivity index (χ0v) is 9.76. The molecule has 1 atom stereocenters. The summed E-state index contributed by atoms with van der Waals surface area (Å²) in [4.78, 5) is 3.25. The fourth-order valence-corrected chi connectivity index (χ4v) is 2.09. The van der Waals surface area contributed by atoms with Crippen LogP contribution in [0.15, 0.2) is 17.5 Å². The van der Waals surface area contributed by atoms with E-state index in [9.17, 15) is 5.11 Å². The van der Waals surface area contributed by atoms with E-state index in [4.69, 9.17) is 0 Å². The quantitative estimate of drug-likeness (QED) is 0.785. The van der Waals surface area contributed by atoms with Crippen molar-refractivity contribution >= 4 is 11.3 Å². The summed E-state index contributed by atoms with van der Waals surface area (Å²) in [7, 11) is 2.06. The Morgan fingerprint density at radius 1 is 1.57 bits per heavy atom. The molecule has 0 amide bonds. The van der Waals surface area contributed by atoms with Gasteiger partial charge >= 0.3 is 0 Å². The van der Waals surface area contributed by atoms with Gasteiger partial charge in [-0.25, -0.2) is 0 Å². The van der Waals surface area contributed by atoms with Crippen molar-refractivity contribution in [2.45, 2.75) is 25.9 Å². The number of hydrogen-bond donors (Lipinski definition) is 1. The van der Waals surface area contributed by atoms with Crippen LogP contribution in [0.25, 0.3) is 0 Å². The van der Waals surface area contributed by atoms with Gasteiger partial charge in [0.1, 0.15) is 6.10 Å². The number of unbranched alkanes of at least 4 members (excludes halogenated alkanes) is 1. The Balaban J connectivity index is 2.29. The van der Waals surface area contributed by atoms with E-state index in [1.165, 1.54) is 12.8 Å². The summed E-state index contributed by atoms with van der Waals surface area (Å²) in [6.07, 6.45) is 2.09. The fraction of sp³-hybridized carbons (Fsp3) is 0.636. The second-order valence-corrected chi connectivity index (χ2v) is 4.63. The maximum atomic E-state index is 9.85. The topological polar surface area (TPSA) is 23.5 Å². The second-order valence-electron chi connectivity index (χ2n) is 3.65. The van der Waals surface area contributed by atoms with Crippen molar-refractivity contribution in [1.82, 2.24) is 4.90 Å². The molecule has 80 valence electrons. The van der Waals surface area contributed by atoms with Crippen molar-refractivity contribution in [1.29, 1.82) is 0 Å². The first-order chi connectivity index (χ1) is 6.74. The number of aliphatic hydroxyl groups excluding tert-OH is 1. The minimum absolute atomic E-state index is 0.322. The summed E-state index contributed by atoms with van der Waals surface area (Å²) in [5.74, 6) is 0. The van der Waals surface area contributed by atoms with Crippen LogP contribution in [0.1, 0.15) is 30.7 Å². The van der Waals surface area contributed by atoms with Gasteiger partial charge in [-0.3, -0.25) is 0 Å². The van der Waals surface area contributed by atoms with E-state index in [2.05, 4.69) is 18.9 Å². The number of thiophene rings is 1. The molecule has 1 N–H and O–H groups in total. The monoisotopic (exact) mass is 213 g/mol. The van der Waals surface area contributed by atoms with Gasteiger partial charge in [0.25, 0.3) is 0 Å². The van der Waals surface area contributed by atoms with Crippen LogP contribution in [0.5, 0.6) is 0 Å². The molecule has 0 aliphatic carbocycles. The summed E-state index contributed by atoms with van der Waals surface area (Å²) in [6, 6.07) is 3.97. The summed E-state index contributed by atoms with van der Waals surface area (Å²) in [5, 5.41) is 11.9. The van der Waals surface area contributed by atoms with Crippen molar-refractivity contribution in [3.63, 3.8) is 0 Å². The largest absolute Gasteiger partial charge is 0.386 e. The molecular formula is C11H19NOS. The van der Waals surface area contributed by atoms with E-state index in [0.29, 0.717) is 0 Å². The van der Waals surface area contributed by atoms with Crippen LogP contribution in [0.2, 0.25) is 0 Å². The normalized spacial score (nSPS) is 13.4. The molecule has 1 aromatic heterocycles. The predicted octanol–water partition coefficient (Wildman–Crippen LogP) is 2.51. The number of rotatable bonds is 6. The van der Waals surface area contributed by atoms with Crippen LogP contribution < -0.4 is 0 Å². The molecule has 2 nitrogen and oxygen atoms in total. The highest BCUT2D eigenvalue weighted by Crippen LogP contribution is 2.19.